The highest BCUT2D eigenvalue weighted by Crippen LogP contribution is 2.43. The number of nitrogens with zero attached hydrogens (tertiary/aromatic N) is 1. The molecule has 7 heteroatoms. The van der Waals surface area contributed by atoms with Gasteiger partial charge in [0.25, 0.3) is 10.0 Å². The van der Waals surface area contributed by atoms with E-state index in [2.05, 4.69) is 5.32 Å². The number of ether oxygens (including phenoxy) is 1. The molecular formula is C24H24N2O4S. The molecular weight excluding hydrogens is 412 g/mol. The molecule has 0 fully saturated rings. The Labute approximate surface area is 182 Å². The maximum absolute atomic E-state index is 13.3. The summed E-state index contributed by atoms with van der Waals surface area (Å²) in [5.74, 6) is 0.352. The van der Waals surface area contributed by atoms with Gasteiger partial charge in [0.15, 0.2) is 0 Å². The van der Waals surface area contributed by atoms with Gasteiger partial charge in [0.2, 0.25) is 5.91 Å². The third kappa shape index (κ3) is 3.88. The average Bonchev–Trinajstić information content (AvgIpc) is 2.77. The van der Waals surface area contributed by atoms with Crippen LogP contribution in [0.3, 0.4) is 0 Å². The molecule has 1 N–H and O–H groups in total. The minimum Gasteiger partial charge on any atom is -0.497 e. The van der Waals surface area contributed by atoms with Crippen LogP contribution in [0.25, 0.3) is 11.1 Å². The van der Waals surface area contributed by atoms with Crippen molar-refractivity contribution in [1.29, 1.82) is 0 Å². The van der Waals surface area contributed by atoms with E-state index in [0.29, 0.717) is 11.3 Å². The first-order valence-corrected chi connectivity index (χ1v) is 11.4. The van der Waals surface area contributed by atoms with Crippen molar-refractivity contribution >= 4 is 21.6 Å². The summed E-state index contributed by atoms with van der Waals surface area (Å²) in [6, 6.07) is 19.6. The number of sulfonamides is 1. The zero-order chi connectivity index (χ0) is 22.2. The molecule has 0 aliphatic carbocycles. The van der Waals surface area contributed by atoms with Crippen LogP contribution in [0.15, 0.2) is 71.6 Å². The molecule has 1 aliphatic heterocycles. The zero-order valence-electron chi connectivity index (χ0n) is 17.6. The number of nitrogens with one attached hydrogen (secondary N) is 1. The standard InChI is InChI=1S/C24H24N2O4S/c1-16-8-13-22-21(14-16)20-6-4-5-7-23(20)31(28,29)26(22)15-24(27)25-17(2)18-9-11-19(30-3)12-10-18/h4-14,17H,15H2,1-3H3,(H,25,27)/t17-/m0/s1. The number of aryl methyl sites for hydroxylation is 1. The second-order valence-electron chi connectivity index (χ2n) is 7.59. The van der Waals surface area contributed by atoms with Crippen LogP contribution < -0.4 is 14.4 Å². The Morgan fingerprint density at radius 3 is 2.45 bits per heavy atom. The van der Waals surface area contributed by atoms with Crippen LogP contribution in [0.1, 0.15) is 24.1 Å². The van der Waals surface area contributed by atoms with E-state index in [0.717, 1.165) is 22.4 Å². The number of rotatable bonds is 5. The van der Waals surface area contributed by atoms with Gasteiger partial charge < -0.3 is 10.1 Å². The van der Waals surface area contributed by atoms with E-state index in [1.165, 1.54) is 4.31 Å². The van der Waals surface area contributed by atoms with Gasteiger partial charge in [-0.1, -0.05) is 42.0 Å². The Bertz CT molecular complexity index is 1240. The molecule has 6 nitrogen and oxygen atoms in total. The van der Waals surface area contributed by atoms with Gasteiger partial charge in [0.1, 0.15) is 12.3 Å². The Morgan fingerprint density at radius 2 is 1.74 bits per heavy atom. The topological polar surface area (TPSA) is 75.7 Å². The minimum atomic E-state index is -3.86. The number of carbonyl (C=O) groups is 1. The van der Waals surface area contributed by atoms with E-state index in [-0.39, 0.29) is 23.4 Å². The van der Waals surface area contributed by atoms with Crippen LogP contribution in [0.2, 0.25) is 0 Å². The van der Waals surface area contributed by atoms with Crippen molar-refractivity contribution in [2.45, 2.75) is 24.8 Å². The van der Waals surface area contributed by atoms with E-state index in [4.69, 9.17) is 4.74 Å². The number of anilines is 1. The monoisotopic (exact) mass is 436 g/mol. The molecule has 1 aliphatic rings. The zero-order valence-corrected chi connectivity index (χ0v) is 18.4. The quantitative estimate of drug-likeness (QED) is 0.655. The molecule has 0 saturated heterocycles. The number of hydrogen-bond donors (Lipinski definition) is 1. The highest BCUT2D eigenvalue weighted by Gasteiger charge is 2.36. The lowest BCUT2D eigenvalue weighted by Crippen LogP contribution is -2.43. The second kappa shape index (κ2) is 8.07. The predicted molar refractivity (Wildman–Crippen MR) is 121 cm³/mol. The summed E-state index contributed by atoms with van der Waals surface area (Å²) in [5, 5.41) is 2.90. The third-order valence-corrected chi connectivity index (χ3v) is 7.26. The Kier molecular flexibility index (Phi) is 5.45. The summed E-state index contributed by atoms with van der Waals surface area (Å²) < 4.78 is 33.0. The van der Waals surface area contributed by atoms with Crippen molar-refractivity contribution in [3.63, 3.8) is 0 Å². The van der Waals surface area contributed by atoms with Crippen LogP contribution in [0.4, 0.5) is 5.69 Å². The summed E-state index contributed by atoms with van der Waals surface area (Å²) in [6.07, 6.45) is 0. The van der Waals surface area contributed by atoms with Gasteiger partial charge in [0, 0.05) is 11.1 Å². The van der Waals surface area contributed by atoms with Gasteiger partial charge in [-0.2, -0.15) is 0 Å². The summed E-state index contributed by atoms with van der Waals surface area (Å²) in [6.45, 7) is 3.52. The Balaban J connectivity index is 1.62. The molecule has 0 aromatic heterocycles. The molecule has 1 amide bonds. The predicted octanol–water partition coefficient (Wildman–Crippen LogP) is 4.06. The molecule has 0 unspecified atom stereocenters. The van der Waals surface area contributed by atoms with Crippen LogP contribution >= 0.6 is 0 Å². The highest BCUT2D eigenvalue weighted by molar-refractivity contribution is 7.93. The fraction of sp³-hybridized carbons (Fsp3) is 0.208. The molecule has 160 valence electrons. The lowest BCUT2D eigenvalue weighted by molar-refractivity contribution is -0.120. The first-order valence-electron chi connectivity index (χ1n) is 9.97. The number of benzene rings is 3. The molecule has 3 aromatic rings. The average molecular weight is 437 g/mol. The number of methoxy groups -OCH3 is 1. The lowest BCUT2D eigenvalue weighted by atomic mass is 10.0. The van der Waals surface area contributed by atoms with Crippen molar-refractivity contribution < 1.29 is 17.9 Å². The molecule has 1 atom stereocenters. The van der Waals surface area contributed by atoms with Crippen molar-refractivity contribution in [1.82, 2.24) is 5.32 Å². The number of carbonyl (C=O) groups excluding carboxylic acids is 1. The number of fused-ring (bicyclic) bond motifs is 3. The SMILES string of the molecule is COc1ccc([C@H](C)NC(=O)CN2c3ccc(C)cc3-c3ccccc3S2(=O)=O)cc1. The van der Waals surface area contributed by atoms with E-state index < -0.39 is 10.0 Å². The van der Waals surface area contributed by atoms with Crippen molar-refractivity contribution in [3.05, 3.63) is 77.9 Å². The summed E-state index contributed by atoms with van der Waals surface area (Å²) in [4.78, 5) is 13.1. The molecule has 31 heavy (non-hydrogen) atoms. The van der Waals surface area contributed by atoms with Gasteiger partial charge in [-0.3, -0.25) is 9.10 Å². The number of amides is 1. The number of hydrogen-bond acceptors (Lipinski definition) is 4. The molecule has 0 radical (unpaired) electrons. The van der Waals surface area contributed by atoms with Crippen LogP contribution in [0, 0.1) is 6.92 Å². The fourth-order valence-electron chi connectivity index (χ4n) is 3.81. The van der Waals surface area contributed by atoms with Gasteiger partial charge in [-0.25, -0.2) is 8.42 Å². The van der Waals surface area contributed by atoms with Gasteiger partial charge in [-0.15, -0.1) is 0 Å². The third-order valence-electron chi connectivity index (χ3n) is 5.45. The van der Waals surface area contributed by atoms with Crippen molar-refractivity contribution in [3.8, 4) is 16.9 Å². The maximum Gasteiger partial charge on any atom is 0.265 e. The molecule has 4 rings (SSSR count). The first kappa shape index (κ1) is 20.9. The van der Waals surface area contributed by atoms with Crippen LogP contribution in [-0.2, 0) is 14.8 Å². The second-order valence-corrected chi connectivity index (χ2v) is 9.42. The lowest BCUT2D eigenvalue weighted by Gasteiger charge is -2.32. The van der Waals surface area contributed by atoms with Crippen molar-refractivity contribution in [2.75, 3.05) is 18.0 Å². The Hall–Kier alpha value is -3.32. The highest BCUT2D eigenvalue weighted by atomic mass is 32.2. The normalized spacial score (nSPS) is 14.9. The van der Waals surface area contributed by atoms with Gasteiger partial charge in [0.05, 0.1) is 23.7 Å². The van der Waals surface area contributed by atoms with Gasteiger partial charge >= 0.3 is 0 Å². The molecule has 0 spiro atoms. The van der Waals surface area contributed by atoms with Gasteiger partial charge in [-0.05, 0) is 49.7 Å². The summed E-state index contributed by atoms with van der Waals surface area (Å²) in [5.41, 5.74) is 3.89. The maximum atomic E-state index is 13.3. The summed E-state index contributed by atoms with van der Waals surface area (Å²) >= 11 is 0. The fourth-order valence-corrected chi connectivity index (χ4v) is 5.46. The molecule has 1 heterocycles. The van der Waals surface area contributed by atoms with Crippen molar-refractivity contribution in [2.24, 2.45) is 0 Å². The van der Waals surface area contributed by atoms with E-state index in [9.17, 15) is 13.2 Å². The molecule has 3 aromatic carbocycles. The minimum absolute atomic E-state index is 0.212. The summed E-state index contributed by atoms with van der Waals surface area (Å²) in [7, 11) is -2.26. The van der Waals surface area contributed by atoms with E-state index >= 15 is 0 Å². The van der Waals surface area contributed by atoms with Crippen LogP contribution in [-0.4, -0.2) is 28.0 Å². The smallest absolute Gasteiger partial charge is 0.265 e. The van der Waals surface area contributed by atoms with E-state index in [1.807, 2.05) is 56.3 Å². The molecule has 0 saturated carbocycles. The van der Waals surface area contributed by atoms with Crippen LogP contribution in [0.5, 0.6) is 5.75 Å². The van der Waals surface area contributed by atoms with E-state index in [1.54, 1.807) is 31.4 Å². The Morgan fingerprint density at radius 1 is 1.03 bits per heavy atom. The largest absolute Gasteiger partial charge is 0.497 e. The molecule has 0 bridgehead atoms. The first-order chi connectivity index (χ1) is 14.8.